The minimum absolute atomic E-state index is 0.0190. The van der Waals surface area contributed by atoms with E-state index in [0.29, 0.717) is 0 Å². The molecule has 41 heavy (non-hydrogen) atoms. The van der Waals surface area contributed by atoms with Crippen LogP contribution in [-0.2, 0) is 11.8 Å². The van der Waals surface area contributed by atoms with Crippen LogP contribution in [0, 0.1) is 9.39 Å². The van der Waals surface area contributed by atoms with E-state index in [4.69, 9.17) is 0 Å². The highest BCUT2D eigenvalue weighted by atomic mass is 127. The van der Waals surface area contributed by atoms with Crippen molar-refractivity contribution in [2.75, 3.05) is 17.3 Å². The van der Waals surface area contributed by atoms with Crippen LogP contribution in [0.1, 0.15) is 31.8 Å². The summed E-state index contributed by atoms with van der Waals surface area (Å²) in [5.41, 5.74) is -12.4. The van der Waals surface area contributed by atoms with Crippen LogP contribution in [0.5, 0.6) is 0 Å². The van der Waals surface area contributed by atoms with Gasteiger partial charge in [0.25, 0.3) is 11.8 Å². The van der Waals surface area contributed by atoms with Crippen molar-refractivity contribution in [2.45, 2.75) is 24.2 Å². The van der Waals surface area contributed by atoms with Crippen LogP contribution >= 0.6 is 22.6 Å². The molecule has 0 radical (unpaired) electrons. The largest absolute Gasteiger partial charge is 0.435 e. The molecular weight excluding hydrogens is 696 g/mol. The van der Waals surface area contributed by atoms with E-state index in [2.05, 4.69) is 0 Å². The number of anilines is 2. The van der Waals surface area contributed by atoms with E-state index in [0.717, 1.165) is 51.8 Å². The molecule has 0 bridgehead atoms. The van der Waals surface area contributed by atoms with Gasteiger partial charge < -0.3 is 10.2 Å². The molecule has 3 aromatic carbocycles. The lowest BCUT2D eigenvalue weighted by atomic mass is 9.92. The molecule has 16 heteroatoms. The van der Waals surface area contributed by atoms with Gasteiger partial charge in [-0.1, -0.05) is 12.1 Å². The molecule has 1 N–H and O–H groups in total. The lowest BCUT2D eigenvalue weighted by Gasteiger charge is -2.31. The lowest BCUT2D eigenvalue weighted by Crippen LogP contribution is -2.50. The molecule has 3 rings (SSSR count). The van der Waals surface area contributed by atoms with Gasteiger partial charge in [0.05, 0.1) is 11.3 Å². The van der Waals surface area contributed by atoms with Crippen molar-refractivity contribution < 1.29 is 57.9 Å². The molecule has 0 saturated heterocycles. The first-order chi connectivity index (χ1) is 18.7. The third kappa shape index (κ3) is 6.41. The van der Waals surface area contributed by atoms with Crippen molar-refractivity contribution in [3.63, 3.8) is 0 Å². The van der Waals surface area contributed by atoms with E-state index in [1.807, 2.05) is 0 Å². The Bertz CT molecular complexity index is 1470. The zero-order valence-corrected chi connectivity index (χ0v) is 22.2. The van der Waals surface area contributed by atoms with E-state index < -0.39 is 68.3 Å². The molecule has 220 valence electrons. The summed E-state index contributed by atoms with van der Waals surface area (Å²) in [5.74, 6) is -2.74. The maximum atomic E-state index is 14.5. The second-order valence-corrected chi connectivity index (χ2v) is 9.57. The van der Waals surface area contributed by atoms with Gasteiger partial charge in [0.2, 0.25) is 0 Å². The van der Waals surface area contributed by atoms with Gasteiger partial charge >= 0.3 is 24.2 Å². The number of nitrogens with one attached hydrogen (secondary N) is 1. The number of hydrogen-bond donors (Lipinski definition) is 1. The predicted molar refractivity (Wildman–Crippen MR) is 133 cm³/mol. The van der Waals surface area contributed by atoms with Crippen molar-refractivity contribution >= 4 is 45.8 Å². The van der Waals surface area contributed by atoms with E-state index >= 15 is 0 Å². The quantitative estimate of drug-likeness (QED) is 0.214. The molecule has 2 amide bonds. The maximum absolute atomic E-state index is 14.5. The summed E-state index contributed by atoms with van der Waals surface area (Å²) in [6.45, 7) is 0. The van der Waals surface area contributed by atoms with E-state index in [9.17, 15) is 57.9 Å². The predicted octanol–water partition coefficient (Wildman–Crippen LogP) is 8.27. The average Bonchev–Trinajstić information content (AvgIpc) is 2.86. The van der Waals surface area contributed by atoms with Crippen molar-refractivity contribution in [1.29, 1.82) is 0 Å². The molecule has 0 aromatic heterocycles. The van der Waals surface area contributed by atoms with Crippen LogP contribution in [0.2, 0.25) is 0 Å². The van der Waals surface area contributed by atoms with E-state index in [1.54, 1.807) is 5.32 Å². The fourth-order valence-corrected chi connectivity index (χ4v) is 4.38. The Morgan fingerprint density at radius 1 is 0.780 bits per heavy atom. The number of alkyl halides is 10. The van der Waals surface area contributed by atoms with Gasteiger partial charge in [-0.05, 0) is 71.1 Å². The molecule has 0 atom stereocenters. The summed E-state index contributed by atoms with van der Waals surface area (Å²) in [4.78, 5) is 26.5. The summed E-state index contributed by atoms with van der Waals surface area (Å²) < 4.78 is 147. The first-order valence-corrected chi connectivity index (χ1v) is 11.9. The van der Waals surface area contributed by atoms with Crippen molar-refractivity contribution in [1.82, 2.24) is 0 Å². The number of benzene rings is 3. The minimum atomic E-state index is -6.67. The SMILES string of the molecule is CN(C(=O)c1cccc(F)c1)c1cccc(C(=O)Nc2c(I)cc(C(F)(C(F)(F)F)C(F)(F)F)cc2C(F)(F)F)c1. The van der Waals surface area contributed by atoms with Gasteiger partial charge in [0, 0.05) is 33.0 Å². The summed E-state index contributed by atoms with van der Waals surface area (Å²) in [6.07, 6.45) is -19.0. The van der Waals surface area contributed by atoms with Crippen LogP contribution < -0.4 is 10.2 Å². The van der Waals surface area contributed by atoms with Crippen LogP contribution in [0.15, 0.2) is 60.7 Å². The number of carbonyl (C=O) groups excluding carboxylic acids is 2. The highest BCUT2D eigenvalue weighted by molar-refractivity contribution is 14.1. The summed E-state index contributed by atoms with van der Waals surface area (Å²) >= 11 is 0.936. The van der Waals surface area contributed by atoms with E-state index in [1.165, 1.54) is 31.3 Å². The Labute approximate surface area is 237 Å². The smallest absolute Gasteiger partial charge is 0.320 e. The normalized spacial score (nSPS) is 12.7. The number of nitrogens with zero attached hydrogens (tertiary/aromatic N) is 1. The Kier molecular flexibility index (Phi) is 8.68. The third-order valence-electron chi connectivity index (χ3n) is 5.69. The molecule has 0 aliphatic carbocycles. The highest BCUT2D eigenvalue weighted by Crippen LogP contribution is 2.54. The van der Waals surface area contributed by atoms with Gasteiger partial charge in [-0.2, -0.15) is 39.5 Å². The Hall–Kier alpha value is -3.44. The number of halogens is 12. The molecule has 0 aliphatic rings. The second-order valence-electron chi connectivity index (χ2n) is 8.41. The van der Waals surface area contributed by atoms with Crippen molar-refractivity contribution in [3.8, 4) is 0 Å². The van der Waals surface area contributed by atoms with Crippen LogP contribution in [0.3, 0.4) is 0 Å². The zero-order valence-electron chi connectivity index (χ0n) is 20.1. The highest BCUT2D eigenvalue weighted by Gasteiger charge is 2.73. The fraction of sp³-hybridized carbons (Fsp3) is 0.200. The maximum Gasteiger partial charge on any atom is 0.435 e. The first-order valence-electron chi connectivity index (χ1n) is 10.9. The van der Waals surface area contributed by atoms with Gasteiger partial charge in [-0.25, -0.2) is 8.78 Å². The Balaban J connectivity index is 2.03. The summed E-state index contributed by atoms with van der Waals surface area (Å²) in [6, 6.07) is 8.50. The summed E-state index contributed by atoms with van der Waals surface area (Å²) in [7, 11) is 1.25. The third-order valence-corrected chi connectivity index (χ3v) is 6.54. The summed E-state index contributed by atoms with van der Waals surface area (Å²) in [5, 5.41) is 1.79. The topological polar surface area (TPSA) is 49.4 Å². The molecule has 3 aromatic rings. The van der Waals surface area contributed by atoms with Crippen LogP contribution in [-0.4, -0.2) is 31.2 Å². The van der Waals surface area contributed by atoms with Crippen LogP contribution in [0.4, 0.5) is 59.7 Å². The van der Waals surface area contributed by atoms with Gasteiger partial charge in [0.15, 0.2) is 0 Å². The minimum Gasteiger partial charge on any atom is -0.320 e. The molecular formula is C25H14F11IN2O2. The first kappa shape index (κ1) is 32.1. The van der Waals surface area contributed by atoms with Gasteiger partial charge in [0.1, 0.15) is 5.82 Å². The molecule has 0 fully saturated rings. The Morgan fingerprint density at radius 2 is 1.34 bits per heavy atom. The molecule has 4 nitrogen and oxygen atoms in total. The van der Waals surface area contributed by atoms with Crippen LogP contribution in [0.25, 0.3) is 0 Å². The standard InChI is InChI=1S/C25H14F11IN2O2/c1-39(21(41)13-5-2-6-15(26)8-13)16-7-3-4-12(9-16)20(40)38-19-17(23(28,29)30)10-14(11-18(19)37)22(27,24(31,32)33)25(34,35)36/h2-11H,1H3,(H,38,40). The van der Waals surface area contributed by atoms with E-state index in [-0.39, 0.29) is 22.9 Å². The lowest BCUT2D eigenvalue weighted by molar-refractivity contribution is -0.348. The van der Waals surface area contributed by atoms with Crippen molar-refractivity contribution in [2.24, 2.45) is 0 Å². The Morgan fingerprint density at radius 3 is 1.88 bits per heavy atom. The molecule has 0 spiro atoms. The monoisotopic (exact) mass is 710 g/mol. The number of rotatable bonds is 5. The number of amides is 2. The molecule has 0 saturated carbocycles. The molecule has 0 aliphatic heterocycles. The van der Waals surface area contributed by atoms with Gasteiger partial charge in [-0.3, -0.25) is 9.59 Å². The average molecular weight is 710 g/mol. The van der Waals surface area contributed by atoms with Gasteiger partial charge in [-0.15, -0.1) is 0 Å². The fourth-order valence-electron chi connectivity index (χ4n) is 3.62. The number of hydrogen-bond acceptors (Lipinski definition) is 2. The number of carbonyl (C=O) groups is 2. The second kappa shape index (κ2) is 11.1. The zero-order chi connectivity index (χ0) is 31.1. The molecule has 0 heterocycles. The molecule has 0 unspecified atom stereocenters. The van der Waals surface area contributed by atoms with Crippen molar-refractivity contribution in [3.05, 3.63) is 92.3 Å².